The van der Waals surface area contributed by atoms with Gasteiger partial charge >= 0.3 is 5.97 Å². The summed E-state index contributed by atoms with van der Waals surface area (Å²) in [7, 11) is 0. The van der Waals surface area contributed by atoms with Crippen LogP contribution in [0.5, 0.6) is 5.75 Å². The first-order chi connectivity index (χ1) is 6.86. The summed E-state index contributed by atoms with van der Waals surface area (Å²) in [5.41, 5.74) is 0. The summed E-state index contributed by atoms with van der Waals surface area (Å²) < 4.78 is 9.63. The van der Waals surface area contributed by atoms with E-state index in [0.717, 1.165) is 0 Å². The summed E-state index contributed by atoms with van der Waals surface area (Å²) in [6.07, 6.45) is 1.39. The summed E-state index contributed by atoms with van der Waals surface area (Å²) in [6, 6.07) is 10.2. The van der Waals surface area contributed by atoms with E-state index in [1.807, 2.05) is 6.07 Å². The van der Waals surface area contributed by atoms with Gasteiger partial charge in [0.25, 0.3) is 0 Å². The molecule has 2 aromatic rings. The van der Waals surface area contributed by atoms with Crippen molar-refractivity contribution in [2.45, 2.75) is 0 Å². The molecule has 1 heterocycles. The number of carbonyl (C=O) groups excluding carboxylic acids is 1. The van der Waals surface area contributed by atoms with E-state index in [-0.39, 0.29) is 5.76 Å². The Morgan fingerprint density at radius 1 is 1.21 bits per heavy atom. The Labute approximate surface area is 80.1 Å². The van der Waals surface area contributed by atoms with Crippen LogP contribution >= 0.6 is 0 Å². The molecule has 70 valence electrons. The van der Waals surface area contributed by atoms with Gasteiger partial charge in [-0.2, -0.15) is 0 Å². The molecule has 0 spiro atoms. The number of hydrogen-bond acceptors (Lipinski definition) is 4. The molecule has 0 unspecified atom stereocenters. The molecule has 0 aliphatic carbocycles. The minimum atomic E-state index is -0.547. The molecule has 14 heavy (non-hydrogen) atoms. The molecule has 0 aliphatic rings. The highest BCUT2D eigenvalue weighted by Crippen LogP contribution is 2.10. The van der Waals surface area contributed by atoms with Gasteiger partial charge < -0.3 is 9.26 Å². The summed E-state index contributed by atoms with van der Waals surface area (Å²) in [4.78, 5) is 11.3. The van der Waals surface area contributed by atoms with Crippen molar-refractivity contribution < 1.29 is 14.1 Å². The Morgan fingerprint density at radius 3 is 2.64 bits per heavy atom. The van der Waals surface area contributed by atoms with Crippen LogP contribution in [0.2, 0.25) is 0 Å². The second kappa shape index (κ2) is 3.74. The van der Waals surface area contributed by atoms with Gasteiger partial charge in [0.1, 0.15) is 5.75 Å². The zero-order valence-electron chi connectivity index (χ0n) is 7.21. The molecular weight excluding hydrogens is 182 g/mol. The summed E-state index contributed by atoms with van der Waals surface area (Å²) >= 11 is 0. The predicted octanol–water partition coefficient (Wildman–Crippen LogP) is 1.89. The van der Waals surface area contributed by atoms with Gasteiger partial charge in [-0.1, -0.05) is 23.4 Å². The minimum absolute atomic E-state index is 0.0915. The van der Waals surface area contributed by atoms with Gasteiger partial charge in [0.15, 0.2) is 0 Å². The smallest absolute Gasteiger partial charge is 0.382 e. The van der Waals surface area contributed by atoms with E-state index < -0.39 is 5.97 Å². The maximum atomic E-state index is 11.3. The van der Waals surface area contributed by atoms with Crippen molar-refractivity contribution in [2.75, 3.05) is 0 Å². The standard InChI is InChI=1S/C10H7NO3/c12-10(9-6-7-11-14-9)13-8-4-2-1-3-5-8/h1-7H. The summed E-state index contributed by atoms with van der Waals surface area (Å²) in [5.74, 6) is 0.0245. The third-order valence-electron chi connectivity index (χ3n) is 1.59. The Bertz CT molecular complexity index is 408. The highest BCUT2D eigenvalue weighted by atomic mass is 16.6. The minimum Gasteiger partial charge on any atom is -0.421 e. The molecule has 0 bridgehead atoms. The fourth-order valence-corrected chi connectivity index (χ4v) is 0.967. The maximum absolute atomic E-state index is 11.3. The van der Waals surface area contributed by atoms with E-state index in [1.54, 1.807) is 24.3 Å². The Morgan fingerprint density at radius 2 is 2.00 bits per heavy atom. The first-order valence-electron chi connectivity index (χ1n) is 4.04. The molecule has 2 rings (SSSR count). The fraction of sp³-hybridized carbons (Fsp3) is 0. The van der Waals surface area contributed by atoms with Crippen LogP contribution in [-0.2, 0) is 0 Å². The molecule has 4 heteroatoms. The molecule has 1 aromatic heterocycles. The van der Waals surface area contributed by atoms with Crippen LogP contribution in [0.15, 0.2) is 47.1 Å². The quantitative estimate of drug-likeness (QED) is 0.534. The van der Waals surface area contributed by atoms with E-state index in [9.17, 15) is 4.79 Å². The van der Waals surface area contributed by atoms with Gasteiger partial charge in [0.2, 0.25) is 5.76 Å². The van der Waals surface area contributed by atoms with Crippen molar-refractivity contribution >= 4 is 5.97 Å². The largest absolute Gasteiger partial charge is 0.421 e. The van der Waals surface area contributed by atoms with Crippen LogP contribution in [0.4, 0.5) is 0 Å². The third kappa shape index (κ3) is 1.80. The average Bonchev–Trinajstić information content (AvgIpc) is 2.72. The molecule has 0 saturated heterocycles. The van der Waals surface area contributed by atoms with Crippen molar-refractivity contribution in [3.8, 4) is 5.75 Å². The lowest BCUT2D eigenvalue weighted by Crippen LogP contribution is -2.06. The number of nitrogens with zero attached hydrogens (tertiary/aromatic N) is 1. The van der Waals surface area contributed by atoms with Gasteiger partial charge in [-0.05, 0) is 12.1 Å². The number of benzene rings is 1. The van der Waals surface area contributed by atoms with E-state index in [4.69, 9.17) is 4.74 Å². The maximum Gasteiger partial charge on any atom is 0.382 e. The number of rotatable bonds is 2. The van der Waals surface area contributed by atoms with Gasteiger partial charge in [-0.15, -0.1) is 0 Å². The van der Waals surface area contributed by atoms with Crippen molar-refractivity contribution in [3.63, 3.8) is 0 Å². The number of esters is 1. The van der Waals surface area contributed by atoms with Crippen molar-refractivity contribution in [1.82, 2.24) is 5.16 Å². The zero-order valence-corrected chi connectivity index (χ0v) is 7.21. The summed E-state index contributed by atoms with van der Waals surface area (Å²) in [5, 5.41) is 3.41. The highest BCUT2D eigenvalue weighted by Gasteiger charge is 2.11. The van der Waals surface area contributed by atoms with Crippen LogP contribution in [0.3, 0.4) is 0 Å². The average molecular weight is 189 g/mol. The van der Waals surface area contributed by atoms with Gasteiger partial charge in [-0.3, -0.25) is 0 Å². The monoisotopic (exact) mass is 189 g/mol. The fourth-order valence-electron chi connectivity index (χ4n) is 0.967. The molecule has 0 aliphatic heterocycles. The first kappa shape index (κ1) is 8.50. The zero-order chi connectivity index (χ0) is 9.80. The normalized spacial score (nSPS) is 9.71. The van der Waals surface area contributed by atoms with Crippen LogP contribution in [-0.4, -0.2) is 11.1 Å². The van der Waals surface area contributed by atoms with E-state index in [2.05, 4.69) is 9.68 Å². The Balaban J connectivity index is 2.10. The SMILES string of the molecule is O=C(Oc1ccccc1)c1ccno1. The lowest BCUT2D eigenvalue weighted by Gasteiger charge is -1.99. The topological polar surface area (TPSA) is 52.3 Å². The number of aromatic nitrogens is 1. The predicted molar refractivity (Wildman–Crippen MR) is 47.9 cm³/mol. The number of ether oxygens (including phenoxy) is 1. The highest BCUT2D eigenvalue weighted by molar-refractivity contribution is 5.87. The summed E-state index contributed by atoms with van der Waals surface area (Å²) in [6.45, 7) is 0. The van der Waals surface area contributed by atoms with Crippen LogP contribution in [0.25, 0.3) is 0 Å². The van der Waals surface area contributed by atoms with Crippen LogP contribution in [0.1, 0.15) is 10.6 Å². The molecule has 4 nitrogen and oxygen atoms in total. The van der Waals surface area contributed by atoms with E-state index in [1.165, 1.54) is 12.3 Å². The second-order valence-corrected chi connectivity index (χ2v) is 2.58. The molecule has 0 N–H and O–H groups in total. The van der Waals surface area contributed by atoms with Crippen molar-refractivity contribution in [3.05, 3.63) is 48.4 Å². The Kier molecular flexibility index (Phi) is 2.27. The lowest BCUT2D eigenvalue weighted by atomic mass is 10.3. The van der Waals surface area contributed by atoms with Gasteiger partial charge in [0, 0.05) is 6.07 Å². The number of hydrogen-bond donors (Lipinski definition) is 0. The molecule has 0 radical (unpaired) electrons. The van der Waals surface area contributed by atoms with Crippen LogP contribution < -0.4 is 4.74 Å². The molecular formula is C10H7NO3. The van der Waals surface area contributed by atoms with Crippen molar-refractivity contribution in [2.24, 2.45) is 0 Å². The Hall–Kier alpha value is -2.10. The van der Waals surface area contributed by atoms with Gasteiger partial charge in [-0.25, -0.2) is 4.79 Å². The van der Waals surface area contributed by atoms with E-state index >= 15 is 0 Å². The molecule has 0 atom stereocenters. The van der Waals surface area contributed by atoms with Crippen molar-refractivity contribution in [1.29, 1.82) is 0 Å². The van der Waals surface area contributed by atoms with Crippen LogP contribution in [0, 0.1) is 0 Å². The third-order valence-corrected chi connectivity index (χ3v) is 1.59. The number of carbonyl (C=O) groups is 1. The van der Waals surface area contributed by atoms with Gasteiger partial charge in [0.05, 0.1) is 6.20 Å². The molecule has 1 aromatic carbocycles. The van der Waals surface area contributed by atoms with E-state index in [0.29, 0.717) is 5.75 Å². The number of para-hydroxylation sites is 1. The second-order valence-electron chi connectivity index (χ2n) is 2.58. The lowest BCUT2D eigenvalue weighted by molar-refractivity contribution is 0.0691. The molecule has 0 amide bonds. The first-order valence-corrected chi connectivity index (χ1v) is 4.04. The molecule has 0 saturated carbocycles. The molecule has 0 fully saturated rings.